The number of hydrogen-bond acceptors (Lipinski definition) is 10. The fourth-order valence-corrected chi connectivity index (χ4v) is 6.86. The highest BCUT2D eigenvalue weighted by atomic mass is 16.5. The van der Waals surface area contributed by atoms with Crippen LogP contribution in [0.1, 0.15) is 45.5 Å². The molecule has 6 rings (SSSR count). The first-order valence-electron chi connectivity index (χ1n) is 16.4. The highest BCUT2D eigenvalue weighted by molar-refractivity contribution is 5.51. The van der Waals surface area contributed by atoms with Crippen LogP contribution < -0.4 is 23.7 Å². The molecule has 2 aliphatic heterocycles. The molecule has 0 saturated carbocycles. The standard InChI is InChI=1S/C20H25NO4.C19H23NO4/c1-21-8-7-14-11-19(24-3)20(25-4)12-15(14)16(21)9-13-5-6-18(23-2)17(22)10-13;1-20-7-6-13-10-19(24-3)17(22)11-14(13)15(20)8-12-4-5-18(23-2)16(21)9-12/h5-6,10-12,16,22H,7-9H2,1-4H3;4-5,9-11,15,21-22H,6-8H2,1-3H3. The topological polar surface area (TPSA) is 113 Å². The molecule has 10 heteroatoms. The van der Waals surface area contributed by atoms with Crippen LogP contribution in [-0.2, 0) is 25.7 Å². The predicted molar refractivity (Wildman–Crippen MR) is 189 cm³/mol. The van der Waals surface area contributed by atoms with E-state index in [1.54, 1.807) is 52.7 Å². The van der Waals surface area contributed by atoms with Crippen LogP contribution in [0.2, 0.25) is 0 Å². The van der Waals surface area contributed by atoms with Crippen LogP contribution in [0.4, 0.5) is 0 Å². The van der Waals surface area contributed by atoms with Gasteiger partial charge in [-0.15, -0.1) is 0 Å². The minimum atomic E-state index is 0.137. The predicted octanol–water partition coefficient (Wildman–Crippen LogP) is 6.08. The summed E-state index contributed by atoms with van der Waals surface area (Å²) >= 11 is 0. The van der Waals surface area contributed by atoms with E-state index < -0.39 is 0 Å². The minimum absolute atomic E-state index is 0.137. The third-order valence-electron chi connectivity index (χ3n) is 9.68. The number of hydrogen-bond donors (Lipinski definition) is 3. The Hall–Kier alpha value is -4.80. The Balaban J connectivity index is 0.000000191. The van der Waals surface area contributed by atoms with E-state index in [0.717, 1.165) is 67.0 Å². The molecule has 2 atom stereocenters. The lowest BCUT2D eigenvalue weighted by atomic mass is 9.88. The molecule has 4 aromatic rings. The van der Waals surface area contributed by atoms with Crippen molar-refractivity contribution in [2.75, 3.05) is 62.7 Å². The van der Waals surface area contributed by atoms with Gasteiger partial charge in [0, 0.05) is 25.2 Å². The van der Waals surface area contributed by atoms with Gasteiger partial charge in [-0.1, -0.05) is 12.1 Å². The van der Waals surface area contributed by atoms with Gasteiger partial charge in [0.2, 0.25) is 0 Å². The molecule has 0 aliphatic carbocycles. The number of nitrogens with zero attached hydrogens (tertiary/aromatic N) is 2. The summed E-state index contributed by atoms with van der Waals surface area (Å²) in [6, 6.07) is 19.3. The van der Waals surface area contributed by atoms with Crippen molar-refractivity contribution >= 4 is 0 Å². The smallest absolute Gasteiger partial charge is 0.161 e. The number of phenols is 3. The van der Waals surface area contributed by atoms with Crippen molar-refractivity contribution in [3.05, 3.63) is 94.0 Å². The highest BCUT2D eigenvalue weighted by Crippen LogP contribution is 2.41. The van der Waals surface area contributed by atoms with Gasteiger partial charge in [-0.3, -0.25) is 9.80 Å². The second kappa shape index (κ2) is 15.6. The van der Waals surface area contributed by atoms with E-state index in [9.17, 15) is 15.3 Å². The maximum Gasteiger partial charge on any atom is 0.161 e. The first-order valence-corrected chi connectivity index (χ1v) is 16.4. The van der Waals surface area contributed by atoms with Crippen molar-refractivity contribution in [3.8, 4) is 46.0 Å². The molecule has 2 heterocycles. The number of phenolic OH excluding ortho intramolecular Hbond substituents is 3. The second-order valence-corrected chi connectivity index (χ2v) is 12.5. The third kappa shape index (κ3) is 7.76. The van der Waals surface area contributed by atoms with E-state index in [2.05, 4.69) is 36.0 Å². The van der Waals surface area contributed by atoms with Crippen molar-refractivity contribution in [2.24, 2.45) is 0 Å². The van der Waals surface area contributed by atoms with Gasteiger partial charge in [-0.05, 0) is 122 Å². The number of aromatic hydroxyl groups is 3. The second-order valence-electron chi connectivity index (χ2n) is 12.5. The Bertz CT molecular complexity index is 1760. The maximum atomic E-state index is 10.1. The third-order valence-corrected chi connectivity index (χ3v) is 9.68. The molecule has 0 aromatic heterocycles. The Kier molecular flexibility index (Phi) is 11.3. The number of ether oxygens (including phenoxy) is 5. The number of methoxy groups -OCH3 is 5. The van der Waals surface area contributed by atoms with Crippen LogP contribution in [0, 0.1) is 0 Å². The largest absolute Gasteiger partial charge is 0.504 e. The number of rotatable bonds is 9. The summed E-state index contributed by atoms with van der Waals surface area (Å²) in [5.41, 5.74) is 6.94. The van der Waals surface area contributed by atoms with Crippen molar-refractivity contribution in [2.45, 2.75) is 37.8 Å². The molecule has 49 heavy (non-hydrogen) atoms. The molecule has 0 amide bonds. The summed E-state index contributed by atoms with van der Waals surface area (Å²) < 4.78 is 26.4. The summed E-state index contributed by atoms with van der Waals surface area (Å²) in [7, 11) is 12.2. The lowest BCUT2D eigenvalue weighted by molar-refractivity contribution is 0.227. The Morgan fingerprint density at radius 2 is 0.898 bits per heavy atom. The first-order chi connectivity index (χ1) is 23.6. The Labute approximate surface area is 289 Å². The van der Waals surface area contributed by atoms with Gasteiger partial charge in [0.05, 0.1) is 35.5 Å². The molecule has 2 aliphatic rings. The molecule has 0 radical (unpaired) electrons. The van der Waals surface area contributed by atoms with Crippen molar-refractivity contribution in [1.29, 1.82) is 0 Å². The van der Waals surface area contributed by atoms with E-state index in [-0.39, 0.29) is 29.3 Å². The number of benzene rings is 4. The van der Waals surface area contributed by atoms with Crippen LogP contribution in [0.15, 0.2) is 60.7 Å². The molecular weight excluding hydrogens is 624 g/mol. The number of likely N-dealkylation sites (N-methyl/N-ethyl adjacent to an activating group) is 2. The van der Waals surface area contributed by atoms with Gasteiger partial charge in [0.25, 0.3) is 0 Å². The summed E-state index contributed by atoms with van der Waals surface area (Å²) in [5, 5.41) is 30.2. The molecule has 0 saturated heterocycles. The molecule has 10 nitrogen and oxygen atoms in total. The summed E-state index contributed by atoms with van der Waals surface area (Å²) in [6.45, 7) is 1.92. The average Bonchev–Trinajstić information content (AvgIpc) is 3.10. The van der Waals surface area contributed by atoms with Crippen LogP contribution >= 0.6 is 0 Å². The lowest BCUT2D eigenvalue weighted by Crippen LogP contribution is -2.33. The van der Waals surface area contributed by atoms with E-state index >= 15 is 0 Å². The zero-order valence-electron chi connectivity index (χ0n) is 29.4. The van der Waals surface area contributed by atoms with Crippen molar-refractivity contribution in [1.82, 2.24) is 9.80 Å². The van der Waals surface area contributed by atoms with E-state index in [4.69, 9.17) is 23.7 Å². The Morgan fingerprint density at radius 3 is 1.33 bits per heavy atom. The fourth-order valence-electron chi connectivity index (χ4n) is 6.86. The maximum absolute atomic E-state index is 10.1. The van der Waals surface area contributed by atoms with E-state index in [1.807, 2.05) is 24.3 Å². The Morgan fingerprint density at radius 1 is 0.510 bits per heavy atom. The monoisotopic (exact) mass is 672 g/mol. The lowest BCUT2D eigenvalue weighted by Gasteiger charge is -2.35. The first kappa shape index (κ1) is 35.5. The quantitative estimate of drug-likeness (QED) is 0.194. The van der Waals surface area contributed by atoms with Crippen LogP contribution in [0.5, 0.6) is 46.0 Å². The van der Waals surface area contributed by atoms with Crippen LogP contribution in [0.3, 0.4) is 0 Å². The molecular formula is C39H48N2O8. The van der Waals surface area contributed by atoms with Gasteiger partial charge < -0.3 is 39.0 Å². The normalized spacial score (nSPS) is 17.2. The minimum Gasteiger partial charge on any atom is -0.504 e. The average molecular weight is 673 g/mol. The van der Waals surface area contributed by atoms with E-state index in [0.29, 0.717) is 17.2 Å². The summed E-state index contributed by atoms with van der Waals surface area (Å²) in [5.74, 6) is 3.47. The molecule has 0 fully saturated rings. The van der Waals surface area contributed by atoms with Gasteiger partial charge in [-0.25, -0.2) is 0 Å². The van der Waals surface area contributed by atoms with E-state index in [1.165, 1.54) is 23.8 Å². The molecule has 0 bridgehead atoms. The summed E-state index contributed by atoms with van der Waals surface area (Å²) in [4.78, 5) is 4.62. The summed E-state index contributed by atoms with van der Waals surface area (Å²) in [6.07, 6.45) is 3.45. The van der Waals surface area contributed by atoms with Gasteiger partial charge in [-0.2, -0.15) is 0 Å². The SMILES string of the molecule is COc1ccc(CC2c3cc(O)c(OC)cc3CCN2C)cc1O.COc1ccc(CC2c3cc(OC)c(OC)cc3CCN2C)cc1O. The molecule has 0 spiro atoms. The van der Waals surface area contributed by atoms with Crippen LogP contribution in [0.25, 0.3) is 0 Å². The molecule has 4 aromatic carbocycles. The van der Waals surface area contributed by atoms with Gasteiger partial charge in [0.1, 0.15) is 0 Å². The molecule has 262 valence electrons. The fraction of sp³-hybridized carbons (Fsp3) is 0.385. The molecule has 3 N–H and O–H groups in total. The van der Waals surface area contributed by atoms with Gasteiger partial charge in [0.15, 0.2) is 46.0 Å². The number of fused-ring (bicyclic) bond motifs is 2. The molecule has 2 unspecified atom stereocenters. The van der Waals surface area contributed by atoms with Crippen molar-refractivity contribution < 1.29 is 39.0 Å². The van der Waals surface area contributed by atoms with Crippen LogP contribution in [-0.4, -0.2) is 87.9 Å². The van der Waals surface area contributed by atoms with Gasteiger partial charge >= 0.3 is 0 Å². The zero-order chi connectivity index (χ0) is 35.2. The van der Waals surface area contributed by atoms with Crippen molar-refractivity contribution in [3.63, 3.8) is 0 Å². The zero-order valence-corrected chi connectivity index (χ0v) is 29.4. The highest BCUT2D eigenvalue weighted by Gasteiger charge is 2.28.